The standard InChI is InChI=1S/C11H17N7O2S.ClH/c1-12-5-8-14-15-11(18(8)4)21-6-7-13-9(20-16-7)10(19)17(2)3;/h12H,5-6H2,1-4H3;1H. The molecule has 0 atom stereocenters. The Hall–Kier alpha value is -1.65. The number of aromatic nitrogens is 5. The van der Waals surface area contributed by atoms with E-state index in [1.165, 1.54) is 16.7 Å². The fraction of sp³-hybridized carbons (Fsp3) is 0.545. The van der Waals surface area contributed by atoms with Crippen molar-refractivity contribution in [2.45, 2.75) is 17.5 Å². The number of hydrogen-bond acceptors (Lipinski definition) is 8. The third kappa shape index (κ3) is 4.18. The molecule has 22 heavy (non-hydrogen) atoms. The monoisotopic (exact) mass is 347 g/mol. The molecule has 122 valence electrons. The van der Waals surface area contributed by atoms with Crippen LogP contribution in [0.5, 0.6) is 0 Å². The van der Waals surface area contributed by atoms with E-state index in [-0.39, 0.29) is 24.2 Å². The van der Waals surface area contributed by atoms with Crippen LogP contribution in [0.2, 0.25) is 0 Å². The zero-order valence-corrected chi connectivity index (χ0v) is 14.4. The zero-order valence-electron chi connectivity index (χ0n) is 12.7. The predicted octanol–water partition coefficient (Wildman–Crippen LogP) is 0.333. The van der Waals surface area contributed by atoms with Crippen LogP contribution in [0.4, 0.5) is 0 Å². The highest BCUT2D eigenvalue weighted by molar-refractivity contribution is 7.98. The van der Waals surface area contributed by atoms with E-state index in [1.54, 1.807) is 14.1 Å². The van der Waals surface area contributed by atoms with Crippen LogP contribution >= 0.6 is 24.2 Å². The van der Waals surface area contributed by atoms with Crippen LogP contribution in [0, 0.1) is 0 Å². The van der Waals surface area contributed by atoms with Crippen LogP contribution in [0.25, 0.3) is 0 Å². The maximum Gasteiger partial charge on any atom is 0.316 e. The van der Waals surface area contributed by atoms with Gasteiger partial charge in [-0.15, -0.1) is 22.6 Å². The first-order valence-corrected chi connectivity index (χ1v) is 7.21. The van der Waals surface area contributed by atoms with Crippen molar-refractivity contribution in [1.82, 2.24) is 35.1 Å². The number of thioether (sulfide) groups is 1. The summed E-state index contributed by atoms with van der Waals surface area (Å²) in [5, 5.41) is 15.7. The highest BCUT2D eigenvalue weighted by atomic mass is 35.5. The average molecular weight is 348 g/mol. The summed E-state index contributed by atoms with van der Waals surface area (Å²) < 4.78 is 6.83. The van der Waals surface area contributed by atoms with Gasteiger partial charge >= 0.3 is 11.8 Å². The quantitative estimate of drug-likeness (QED) is 0.746. The smallest absolute Gasteiger partial charge is 0.316 e. The fourth-order valence-corrected chi connectivity index (χ4v) is 2.28. The van der Waals surface area contributed by atoms with Gasteiger partial charge in [-0.25, -0.2) is 0 Å². The number of carbonyl (C=O) groups excluding carboxylic acids is 1. The first-order valence-electron chi connectivity index (χ1n) is 6.22. The highest BCUT2D eigenvalue weighted by Crippen LogP contribution is 2.19. The lowest BCUT2D eigenvalue weighted by molar-refractivity contribution is 0.0779. The minimum absolute atomic E-state index is 0. The summed E-state index contributed by atoms with van der Waals surface area (Å²) in [7, 11) is 7.00. The summed E-state index contributed by atoms with van der Waals surface area (Å²) in [6, 6.07) is 0. The Bertz CT molecular complexity index is 628. The van der Waals surface area contributed by atoms with E-state index in [2.05, 4.69) is 25.7 Å². The summed E-state index contributed by atoms with van der Waals surface area (Å²) in [5.74, 6) is 1.42. The Morgan fingerprint density at radius 1 is 1.41 bits per heavy atom. The van der Waals surface area contributed by atoms with Gasteiger partial charge in [-0.1, -0.05) is 16.9 Å². The number of halogens is 1. The SMILES string of the molecule is CNCc1nnc(SCc2noc(C(=O)N(C)C)n2)n1C.Cl. The molecule has 2 rings (SSSR count). The van der Waals surface area contributed by atoms with E-state index < -0.39 is 0 Å². The van der Waals surface area contributed by atoms with E-state index in [1.807, 2.05) is 18.7 Å². The molecule has 1 amide bonds. The summed E-state index contributed by atoms with van der Waals surface area (Å²) in [5.41, 5.74) is 0. The summed E-state index contributed by atoms with van der Waals surface area (Å²) in [6.45, 7) is 0.647. The molecule has 0 unspecified atom stereocenters. The van der Waals surface area contributed by atoms with Gasteiger partial charge in [0.1, 0.15) is 5.82 Å². The van der Waals surface area contributed by atoms with Crippen molar-refractivity contribution in [2.24, 2.45) is 7.05 Å². The second kappa shape index (κ2) is 8.11. The number of nitrogens with one attached hydrogen (secondary N) is 1. The van der Waals surface area contributed by atoms with Crippen LogP contribution in [0.15, 0.2) is 9.68 Å². The van der Waals surface area contributed by atoms with Crippen molar-refractivity contribution in [1.29, 1.82) is 0 Å². The molecule has 0 saturated heterocycles. The third-order valence-electron chi connectivity index (χ3n) is 2.65. The first-order chi connectivity index (χ1) is 10.0. The highest BCUT2D eigenvalue weighted by Gasteiger charge is 2.17. The molecular weight excluding hydrogens is 330 g/mol. The Kier molecular flexibility index (Phi) is 6.78. The van der Waals surface area contributed by atoms with Gasteiger partial charge in [0.25, 0.3) is 0 Å². The van der Waals surface area contributed by atoms with Gasteiger partial charge < -0.3 is 19.3 Å². The Labute approximate surface area is 138 Å². The van der Waals surface area contributed by atoms with E-state index in [9.17, 15) is 4.79 Å². The maximum absolute atomic E-state index is 11.7. The van der Waals surface area contributed by atoms with Gasteiger partial charge in [0, 0.05) is 21.1 Å². The van der Waals surface area contributed by atoms with Crippen LogP contribution in [0.3, 0.4) is 0 Å². The molecule has 2 aromatic heterocycles. The predicted molar refractivity (Wildman–Crippen MR) is 82.9 cm³/mol. The molecule has 11 heteroatoms. The van der Waals surface area contributed by atoms with E-state index in [0.29, 0.717) is 18.1 Å². The van der Waals surface area contributed by atoms with Crippen LogP contribution in [-0.4, -0.2) is 56.9 Å². The summed E-state index contributed by atoms with van der Waals surface area (Å²) in [4.78, 5) is 17.1. The van der Waals surface area contributed by atoms with Gasteiger partial charge in [0.15, 0.2) is 11.0 Å². The van der Waals surface area contributed by atoms with Gasteiger partial charge in [0.2, 0.25) is 0 Å². The van der Waals surface area contributed by atoms with Gasteiger partial charge in [-0.2, -0.15) is 4.98 Å². The molecule has 0 spiro atoms. The van der Waals surface area contributed by atoms with Crippen molar-refractivity contribution >= 4 is 30.1 Å². The Morgan fingerprint density at radius 3 is 2.77 bits per heavy atom. The van der Waals surface area contributed by atoms with Gasteiger partial charge in [-0.05, 0) is 7.05 Å². The molecule has 0 aliphatic carbocycles. The van der Waals surface area contributed by atoms with E-state index >= 15 is 0 Å². The maximum atomic E-state index is 11.7. The molecule has 9 nitrogen and oxygen atoms in total. The van der Waals surface area contributed by atoms with Crippen molar-refractivity contribution < 1.29 is 9.32 Å². The largest absolute Gasteiger partial charge is 0.341 e. The molecule has 2 aromatic rings. The zero-order chi connectivity index (χ0) is 15.4. The number of amides is 1. The molecule has 0 bridgehead atoms. The average Bonchev–Trinajstić information content (AvgIpc) is 3.05. The second-order valence-electron chi connectivity index (χ2n) is 4.49. The van der Waals surface area contributed by atoms with Crippen molar-refractivity contribution in [3.63, 3.8) is 0 Å². The van der Waals surface area contributed by atoms with Gasteiger partial charge in [0.05, 0.1) is 12.3 Å². The lowest BCUT2D eigenvalue weighted by Gasteiger charge is -2.04. The lowest BCUT2D eigenvalue weighted by Crippen LogP contribution is -2.21. The van der Waals surface area contributed by atoms with Crippen LogP contribution in [-0.2, 0) is 19.3 Å². The van der Waals surface area contributed by atoms with Crippen LogP contribution in [0.1, 0.15) is 22.3 Å². The minimum Gasteiger partial charge on any atom is -0.341 e. The normalized spacial score (nSPS) is 10.4. The van der Waals surface area contributed by atoms with E-state index in [4.69, 9.17) is 4.52 Å². The van der Waals surface area contributed by atoms with Crippen LogP contribution < -0.4 is 5.32 Å². The molecule has 0 saturated carbocycles. The fourth-order valence-electron chi connectivity index (χ4n) is 1.50. The number of nitrogens with zero attached hydrogens (tertiary/aromatic N) is 6. The Balaban J connectivity index is 0.00000242. The second-order valence-corrected chi connectivity index (χ2v) is 5.43. The minimum atomic E-state index is -0.311. The summed E-state index contributed by atoms with van der Waals surface area (Å²) in [6.07, 6.45) is 0. The molecule has 0 aromatic carbocycles. The van der Waals surface area contributed by atoms with Crippen molar-refractivity contribution in [3.8, 4) is 0 Å². The van der Waals surface area contributed by atoms with Gasteiger partial charge in [-0.3, -0.25) is 4.79 Å². The van der Waals surface area contributed by atoms with Crippen molar-refractivity contribution in [3.05, 3.63) is 17.5 Å². The molecule has 0 radical (unpaired) electrons. The molecule has 1 N–H and O–H groups in total. The lowest BCUT2D eigenvalue weighted by atomic mass is 10.5. The third-order valence-corrected chi connectivity index (χ3v) is 3.66. The number of carbonyl (C=O) groups is 1. The first kappa shape index (κ1) is 18.4. The Morgan fingerprint density at radius 2 is 2.14 bits per heavy atom. The summed E-state index contributed by atoms with van der Waals surface area (Å²) >= 11 is 1.43. The van der Waals surface area contributed by atoms with Crippen molar-refractivity contribution in [2.75, 3.05) is 21.1 Å². The molecule has 0 aliphatic rings. The molecule has 0 fully saturated rings. The molecular formula is C11H18ClN7O2S. The van der Waals surface area contributed by atoms with E-state index in [0.717, 1.165) is 11.0 Å². The number of rotatable bonds is 6. The molecule has 0 aliphatic heterocycles. The molecule has 2 heterocycles. The number of hydrogen-bond donors (Lipinski definition) is 1. The topological polar surface area (TPSA) is 102 Å².